The molecule has 1 N–H and O–H groups in total. The molecule has 0 aliphatic rings. The molecule has 0 unspecified atom stereocenters. The van der Waals surface area contributed by atoms with Crippen molar-refractivity contribution in [1.29, 1.82) is 0 Å². The molecule has 3 rings (SSSR count). The number of amides is 1. The second kappa shape index (κ2) is 6.37. The molecular weight excluding hydrogens is 320 g/mol. The summed E-state index contributed by atoms with van der Waals surface area (Å²) in [7, 11) is 1.85. The highest BCUT2D eigenvalue weighted by Gasteiger charge is 2.14. The van der Waals surface area contributed by atoms with Gasteiger partial charge in [0.25, 0.3) is 0 Å². The highest BCUT2D eigenvalue weighted by Crippen LogP contribution is 2.23. The number of fused-ring (bicyclic) bond motifs is 1. The molecule has 2 aromatic carbocycles. The number of halogens is 2. The van der Waals surface area contributed by atoms with Gasteiger partial charge in [-0.2, -0.15) is 0 Å². The molecule has 0 aliphatic carbocycles. The molecular formula is C16H13F2N3OS. The van der Waals surface area contributed by atoms with Crippen molar-refractivity contribution >= 4 is 34.4 Å². The van der Waals surface area contributed by atoms with Gasteiger partial charge in [0.1, 0.15) is 17.3 Å². The number of carbonyl (C=O) groups is 1. The van der Waals surface area contributed by atoms with E-state index in [1.54, 1.807) is 0 Å². The molecule has 0 fully saturated rings. The minimum atomic E-state index is -0.800. The van der Waals surface area contributed by atoms with Gasteiger partial charge >= 0.3 is 0 Å². The van der Waals surface area contributed by atoms with Gasteiger partial charge in [-0.15, -0.1) is 0 Å². The van der Waals surface area contributed by atoms with Crippen molar-refractivity contribution < 1.29 is 13.6 Å². The first-order chi connectivity index (χ1) is 11.1. The van der Waals surface area contributed by atoms with Gasteiger partial charge in [0.2, 0.25) is 5.91 Å². The maximum atomic E-state index is 13.5. The normalized spacial score (nSPS) is 10.9. The SMILES string of the molecule is Cn1c(SCC(=O)Nc2c(F)cccc2F)nc2ccccc21. The predicted octanol–water partition coefficient (Wildman–Crippen LogP) is 3.58. The number of para-hydroxylation sites is 3. The Balaban J connectivity index is 1.70. The summed E-state index contributed by atoms with van der Waals surface area (Å²) in [5.74, 6) is -2.09. The summed E-state index contributed by atoms with van der Waals surface area (Å²) in [5.41, 5.74) is 1.36. The maximum Gasteiger partial charge on any atom is 0.235 e. The van der Waals surface area contributed by atoms with Crippen LogP contribution in [0, 0.1) is 11.6 Å². The van der Waals surface area contributed by atoms with Crippen LogP contribution >= 0.6 is 11.8 Å². The van der Waals surface area contributed by atoms with E-state index in [2.05, 4.69) is 10.3 Å². The number of hydrogen-bond acceptors (Lipinski definition) is 3. The first-order valence-corrected chi connectivity index (χ1v) is 7.83. The number of nitrogens with one attached hydrogen (secondary N) is 1. The van der Waals surface area contributed by atoms with Crippen LogP contribution in [0.3, 0.4) is 0 Å². The number of thioether (sulfide) groups is 1. The van der Waals surface area contributed by atoms with Gasteiger partial charge in [-0.3, -0.25) is 4.79 Å². The lowest BCUT2D eigenvalue weighted by molar-refractivity contribution is -0.113. The van der Waals surface area contributed by atoms with E-state index in [0.717, 1.165) is 23.2 Å². The van der Waals surface area contributed by atoms with Crippen LogP contribution in [-0.2, 0) is 11.8 Å². The Kier molecular flexibility index (Phi) is 4.29. The second-order valence-electron chi connectivity index (χ2n) is 4.88. The summed E-state index contributed by atoms with van der Waals surface area (Å²) in [6.07, 6.45) is 0. The number of benzene rings is 2. The summed E-state index contributed by atoms with van der Waals surface area (Å²) in [6.45, 7) is 0. The summed E-state index contributed by atoms with van der Waals surface area (Å²) >= 11 is 1.21. The van der Waals surface area contributed by atoms with Gasteiger partial charge in [0, 0.05) is 7.05 Å². The average Bonchev–Trinajstić information content (AvgIpc) is 2.86. The number of aromatic nitrogens is 2. The topological polar surface area (TPSA) is 46.9 Å². The van der Waals surface area contributed by atoms with Gasteiger partial charge in [-0.1, -0.05) is 30.0 Å². The van der Waals surface area contributed by atoms with Gasteiger partial charge < -0.3 is 9.88 Å². The first-order valence-electron chi connectivity index (χ1n) is 6.84. The Morgan fingerprint density at radius 1 is 1.17 bits per heavy atom. The zero-order chi connectivity index (χ0) is 16.4. The minimum absolute atomic E-state index is 0.00490. The molecule has 4 nitrogen and oxygen atoms in total. The molecule has 1 heterocycles. The van der Waals surface area contributed by atoms with Crippen molar-refractivity contribution in [3.63, 3.8) is 0 Å². The monoisotopic (exact) mass is 333 g/mol. The highest BCUT2D eigenvalue weighted by atomic mass is 32.2. The summed E-state index contributed by atoms with van der Waals surface area (Å²) in [4.78, 5) is 16.3. The zero-order valence-electron chi connectivity index (χ0n) is 12.2. The van der Waals surface area contributed by atoms with Crippen LogP contribution in [-0.4, -0.2) is 21.2 Å². The fourth-order valence-corrected chi connectivity index (χ4v) is 2.96. The van der Waals surface area contributed by atoms with E-state index in [9.17, 15) is 13.6 Å². The van der Waals surface area contributed by atoms with E-state index in [4.69, 9.17) is 0 Å². The molecule has 0 radical (unpaired) electrons. The third kappa shape index (κ3) is 3.19. The molecule has 23 heavy (non-hydrogen) atoms. The largest absolute Gasteiger partial charge is 0.322 e. The van der Waals surface area contributed by atoms with Gasteiger partial charge in [-0.05, 0) is 24.3 Å². The molecule has 0 saturated carbocycles. The number of nitrogens with zero attached hydrogens (tertiary/aromatic N) is 2. The molecule has 3 aromatic rings. The number of aryl methyl sites for hydroxylation is 1. The van der Waals surface area contributed by atoms with E-state index in [1.165, 1.54) is 17.8 Å². The zero-order valence-corrected chi connectivity index (χ0v) is 13.0. The molecule has 0 aliphatic heterocycles. The van der Waals surface area contributed by atoms with Crippen LogP contribution in [0.2, 0.25) is 0 Å². The average molecular weight is 333 g/mol. The van der Waals surface area contributed by atoms with Crippen LogP contribution < -0.4 is 5.32 Å². The molecule has 0 spiro atoms. The molecule has 0 atom stereocenters. The fourth-order valence-electron chi connectivity index (χ4n) is 2.18. The van der Waals surface area contributed by atoms with Crippen LogP contribution in [0.25, 0.3) is 11.0 Å². The van der Waals surface area contributed by atoms with Crippen molar-refractivity contribution in [2.24, 2.45) is 7.05 Å². The van der Waals surface area contributed by atoms with E-state index in [0.29, 0.717) is 5.16 Å². The van der Waals surface area contributed by atoms with E-state index < -0.39 is 23.2 Å². The van der Waals surface area contributed by atoms with Crippen LogP contribution in [0.5, 0.6) is 0 Å². The van der Waals surface area contributed by atoms with E-state index in [-0.39, 0.29) is 5.75 Å². The third-order valence-corrected chi connectivity index (χ3v) is 4.34. The van der Waals surface area contributed by atoms with Crippen molar-refractivity contribution in [3.05, 3.63) is 54.1 Å². The van der Waals surface area contributed by atoms with Crippen molar-refractivity contribution in [1.82, 2.24) is 9.55 Å². The summed E-state index contributed by atoms with van der Waals surface area (Å²) in [5, 5.41) is 2.92. The van der Waals surface area contributed by atoms with Crippen molar-refractivity contribution in [2.75, 3.05) is 11.1 Å². The Bertz CT molecular complexity index is 859. The molecule has 0 saturated heterocycles. The number of hydrogen-bond donors (Lipinski definition) is 1. The summed E-state index contributed by atoms with van der Waals surface area (Å²) in [6, 6.07) is 11.0. The highest BCUT2D eigenvalue weighted by molar-refractivity contribution is 7.99. The molecule has 1 amide bonds. The van der Waals surface area contributed by atoms with E-state index >= 15 is 0 Å². The van der Waals surface area contributed by atoms with Gasteiger partial charge in [0.15, 0.2) is 5.16 Å². The first kappa shape index (κ1) is 15.5. The molecule has 7 heteroatoms. The lowest BCUT2D eigenvalue weighted by atomic mass is 10.3. The van der Waals surface area contributed by atoms with Gasteiger partial charge in [0.05, 0.1) is 16.8 Å². The minimum Gasteiger partial charge on any atom is -0.322 e. The Morgan fingerprint density at radius 3 is 2.57 bits per heavy atom. The predicted molar refractivity (Wildman–Crippen MR) is 86.4 cm³/mol. The smallest absolute Gasteiger partial charge is 0.235 e. The Hall–Kier alpha value is -2.41. The standard InChI is InChI=1S/C16H13F2N3OS/c1-21-13-8-3-2-7-12(13)19-16(21)23-9-14(22)20-15-10(17)5-4-6-11(15)18/h2-8H,9H2,1H3,(H,20,22). The number of imidazole rings is 1. The van der Waals surface area contributed by atoms with E-state index in [1.807, 2.05) is 35.9 Å². The maximum absolute atomic E-state index is 13.5. The summed E-state index contributed by atoms with van der Waals surface area (Å²) < 4.78 is 28.9. The van der Waals surface area contributed by atoms with Crippen LogP contribution in [0.15, 0.2) is 47.6 Å². The van der Waals surface area contributed by atoms with Crippen LogP contribution in [0.1, 0.15) is 0 Å². The molecule has 0 bridgehead atoms. The lowest BCUT2D eigenvalue weighted by Gasteiger charge is -2.07. The molecule has 1 aromatic heterocycles. The fraction of sp³-hybridized carbons (Fsp3) is 0.125. The quantitative estimate of drug-likeness (QED) is 0.742. The lowest BCUT2D eigenvalue weighted by Crippen LogP contribution is -2.16. The Labute approximate surface area is 135 Å². The second-order valence-corrected chi connectivity index (χ2v) is 5.82. The Morgan fingerprint density at radius 2 is 1.87 bits per heavy atom. The number of rotatable bonds is 4. The van der Waals surface area contributed by atoms with Crippen LogP contribution in [0.4, 0.5) is 14.5 Å². The molecule has 118 valence electrons. The number of carbonyl (C=O) groups excluding carboxylic acids is 1. The van der Waals surface area contributed by atoms with Crippen molar-refractivity contribution in [2.45, 2.75) is 5.16 Å². The van der Waals surface area contributed by atoms with Crippen molar-refractivity contribution in [3.8, 4) is 0 Å². The number of anilines is 1. The third-order valence-electron chi connectivity index (χ3n) is 3.31. The van der Waals surface area contributed by atoms with Gasteiger partial charge in [-0.25, -0.2) is 13.8 Å².